The number of nitrogens with zero attached hydrogens (tertiary/aromatic N) is 2. The van der Waals surface area contributed by atoms with Crippen LogP contribution < -0.4 is 4.74 Å². The number of benzene rings is 1. The van der Waals surface area contributed by atoms with E-state index in [9.17, 15) is 9.18 Å². The molecule has 0 spiro atoms. The summed E-state index contributed by atoms with van der Waals surface area (Å²) in [5, 5.41) is 0. The number of halogens is 1. The molecule has 2 unspecified atom stereocenters. The summed E-state index contributed by atoms with van der Waals surface area (Å²) in [5.74, 6) is -0.397. The molecule has 0 aliphatic carbocycles. The summed E-state index contributed by atoms with van der Waals surface area (Å²) < 4.78 is 18.7. The minimum absolute atomic E-state index is 0.0728. The maximum absolute atomic E-state index is 13.8. The van der Waals surface area contributed by atoms with Gasteiger partial charge < -0.3 is 9.64 Å². The number of amides is 1. The van der Waals surface area contributed by atoms with Crippen molar-refractivity contribution in [2.75, 3.05) is 20.2 Å². The number of hydrogen-bond acceptors (Lipinski definition) is 3. The summed E-state index contributed by atoms with van der Waals surface area (Å²) in [6.07, 6.45) is 1.05. The first kappa shape index (κ1) is 15.3. The Labute approximate surface area is 130 Å². The first-order chi connectivity index (χ1) is 10.3. The van der Waals surface area contributed by atoms with Crippen LogP contribution in [-0.2, 0) is 0 Å². The predicted octanol–water partition coefficient (Wildman–Crippen LogP) is 2.53. The van der Waals surface area contributed by atoms with Crippen molar-refractivity contribution in [2.45, 2.75) is 44.8 Å². The van der Waals surface area contributed by atoms with Crippen LogP contribution in [0.3, 0.4) is 0 Å². The van der Waals surface area contributed by atoms with Crippen molar-refractivity contribution in [2.24, 2.45) is 0 Å². The van der Waals surface area contributed by atoms with Crippen LogP contribution in [0.1, 0.15) is 37.6 Å². The number of piperidine rings is 1. The highest BCUT2D eigenvalue weighted by Gasteiger charge is 2.49. The summed E-state index contributed by atoms with van der Waals surface area (Å²) in [5.41, 5.74) is 0.523. The Kier molecular flexibility index (Phi) is 3.63. The number of carbonyl (C=O) groups is 1. The van der Waals surface area contributed by atoms with Crippen LogP contribution in [0, 0.1) is 5.82 Å². The van der Waals surface area contributed by atoms with E-state index >= 15 is 0 Å². The predicted molar refractivity (Wildman–Crippen MR) is 82.6 cm³/mol. The zero-order chi connectivity index (χ0) is 16.1. The number of ether oxygens (including phenoxy) is 1. The van der Waals surface area contributed by atoms with Gasteiger partial charge in [0.15, 0.2) is 11.6 Å². The molecule has 5 heteroatoms. The van der Waals surface area contributed by atoms with Crippen molar-refractivity contribution in [3.8, 4) is 5.75 Å². The molecule has 1 amide bonds. The van der Waals surface area contributed by atoms with Gasteiger partial charge >= 0.3 is 0 Å². The van der Waals surface area contributed by atoms with Crippen molar-refractivity contribution >= 4 is 5.91 Å². The van der Waals surface area contributed by atoms with Crippen LogP contribution in [0.25, 0.3) is 0 Å². The monoisotopic (exact) mass is 306 g/mol. The summed E-state index contributed by atoms with van der Waals surface area (Å²) in [6.45, 7) is 8.38. The Bertz CT molecular complexity index is 585. The fraction of sp³-hybridized carbons (Fsp3) is 0.588. The Hall–Kier alpha value is -1.62. The molecule has 2 fully saturated rings. The molecule has 2 bridgehead atoms. The second-order valence-corrected chi connectivity index (χ2v) is 7.18. The smallest absolute Gasteiger partial charge is 0.254 e. The summed E-state index contributed by atoms with van der Waals surface area (Å²) in [7, 11) is 1.42. The van der Waals surface area contributed by atoms with Crippen molar-refractivity contribution in [3.05, 3.63) is 29.6 Å². The zero-order valence-electron chi connectivity index (χ0n) is 13.6. The lowest BCUT2D eigenvalue weighted by Crippen LogP contribution is -2.72. The van der Waals surface area contributed by atoms with Crippen LogP contribution in [0.2, 0.25) is 0 Å². The molecule has 0 radical (unpaired) electrons. The van der Waals surface area contributed by atoms with E-state index in [-0.39, 0.29) is 29.3 Å². The van der Waals surface area contributed by atoms with Crippen molar-refractivity contribution in [1.29, 1.82) is 0 Å². The molecule has 2 atom stereocenters. The number of rotatable bonds is 2. The summed E-state index contributed by atoms with van der Waals surface area (Å²) in [4.78, 5) is 17.0. The van der Waals surface area contributed by atoms with E-state index < -0.39 is 5.82 Å². The fourth-order valence-electron chi connectivity index (χ4n) is 3.44. The molecule has 22 heavy (non-hydrogen) atoms. The van der Waals surface area contributed by atoms with Crippen molar-refractivity contribution in [3.63, 3.8) is 0 Å². The maximum atomic E-state index is 13.8. The van der Waals surface area contributed by atoms with Gasteiger partial charge in [0.05, 0.1) is 7.11 Å². The highest BCUT2D eigenvalue weighted by Crippen LogP contribution is 2.36. The van der Waals surface area contributed by atoms with E-state index in [2.05, 4.69) is 25.7 Å². The molecule has 4 nitrogen and oxygen atoms in total. The van der Waals surface area contributed by atoms with E-state index in [1.54, 1.807) is 6.07 Å². The Morgan fingerprint density at radius 1 is 1.27 bits per heavy atom. The van der Waals surface area contributed by atoms with Gasteiger partial charge in [0.1, 0.15) is 0 Å². The number of piperazine rings is 1. The largest absolute Gasteiger partial charge is 0.494 e. The van der Waals surface area contributed by atoms with Gasteiger partial charge in [-0.25, -0.2) is 4.39 Å². The Balaban J connectivity index is 1.74. The molecule has 0 saturated carbocycles. The van der Waals surface area contributed by atoms with Crippen molar-refractivity contribution < 1.29 is 13.9 Å². The van der Waals surface area contributed by atoms with Crippen LogP contribution >= 0.6 is 0 Å². The van der Waals surface area contributed by atoms with E-state index in [1.165, 1.54) is 19.2 Å². The van der Waals surface area contributed by atoms with Gasteiger partial charge in [0.25, 0.3) is 5.91 Å². The van der Waals surface area contributed by atoms with E-state index in [0.29, 0.717) is 5.56 Å². The lowest BCUT2D eigenvalue weighted by Gasteiger charge is -2.59. The second-order valence-electron chi connectivity index (χ2n) is 7.18. The fourth-order valence-corrected chi connectivity index (χ4v) is 3.44. The minimum Gasteiger partial charge on any atom is -0.494 e. The molecule has 120 valence electrons. The third-order valence-electron chi connectivity index (χ3n) is 4.78. The SMILES string of the molecule is COc1ccc(C(=O)N2C3CC2CN(C(C)(C)C)C3)cc1F. The van der Waals surface area contributed by atoms with Crippen LogP contribution in [0.15, 0.2) is 18.2 Å². The minimum atomic E-state index is -0.490. The third kappa shape index (κ3) is 2.47. The topological polar surface area (TPSA) is 32.8 Å². The van der Waals surface area contributed by atoms with Gasteiger partial charge in [-0.1, -0.05) is 0 Å². The molecule has 0 N–H and O–H groups in total. The van der Waals surface area contributed by atoms with Gasteiger partial charge in [-0.3, -0.25) is 9.69 Å². The van der Waals surface area contributed by atoms with Crippen LogP contribution in [0.5, 0.6) is 5.75 Å². The Morgan fingerprint density at radius 3 is 2.41 bits per heavy atom. The average molecular weight is 306 g/mol. The number of hydrogen-bond donors (Lipinski definition) is 0. The molecule has 3 rings (SSSR count). The number of methoxy groups -OCH3 is 1. The second kappa shape index (κ2) is 5.23. The molecule has 1 aromatic rings. The first-order valence-electron chi connectivity index (χ1n) is 7.72. The van der Waals surface area contributed by atoms with Gasteiger partial charge in [0, 0.05) is 36.3 Å². The highest BCUT2D eigenvalue weighted by molar-refractivity contribution is 5.95. The van der Waals surface area contributed by atoms with Gasteiger partial charge in [0.2, 0.25) is 0 Å². The summed E-state index contributed by atoms with van der Waals surface area (Å²) >= 11 is 0. The number of likely N-dealkylation sites (tertiary alicyclic amines) is 2. The van der Waals surface area contributed by atoms with E-state index in [4.69, 9.17) is 4.74 Å². The van der Waals surface area contributed by atoms with E-state index in [1.807, 2.05) is 4.90 Å². The third-order valence-corrected chi connectivity index (χ3v) is 4.78. The van der Waals surface area contributed by atoms with Crippen molar-refractivity contribution in [1.82, 2.24) is 9.80 Å². The van der Waals surface area contributed by atoms with Crippen LogP contribution in [-0.4, -0.2) is 53.5 Å². The lowest BCUT2D eigenvalue weighted by atomic mass is 9.84. The molecule has 2 aliphatic rings. The molecule has 0 aromatic heterocycles. The number of fused-ring (bicyclic) bond motifs is 2. The molecule has 2 aliphatic heterocycles. The van der Waals surface area contributed by atoms with Crippen LogP contribution in [0.4, 0.5) is 4.39 Å². The Morgan fingerprint density at radius 2 is 1.91 bits per heavy atom. The summed E-state index contributed by atoms with van der Waals surface area (Å²) in [6, 6.07) is 4.92. The number of carbonyl (C=O) groups excluding carboxylic acids is 1. The van der Waals surface area contributed by atoms with Gasteiger partial charge in [-0.15, -0.1) is 0 Å². The van der Waals surface area contributed by atoms with E-state index in [0.717, 1.165) is 19.5 Å². The average Bonchev–Trinajstić information content (AvgIpc) is 2.46. The maximum Gasteiger partial charge on any atom is 0.254 e. The molecule has 2 heterocycles. The molecule has 2 saturated heterocycles. The lowest BCUT2D eigenvalue weighted by molar-refractivity contribution is -0.0737. The molecular formula is C17H23FN2O2. The first-order valence-corrected chi connectivity index (χ1v) is 7.72. The van der Waals surface area contributed by atoms with Gasteiger partial charge in [-0.05, 0) is 45.4 Å². The standard InChI is InChI=1S/C17H23FN2O2/c1-17(2,3)19-9-12-8-13(10-19)20(12)16(21)11-5-6-15(22-4)14(18)7-11/h5-7,12-13H,8-10H2,1-4H3. The van der Waals surface area contributed by atoms with Gasteiger partial charge in [-0.2, -0.15) is 0 Å². The molecule has 1 aromatic carbocycles. The quantitative estimate of drug-likeness (QED) is 0.842. The normalized spacial score (nSPS) is 24.9. The zero-order valence-corrected chi connectivity index (χ0v) is 13.6. The molecular weight excluding hydrogens is 283 g/mol. The highest BCUT2D eigenvalue weighted by atomic mass is 19.1.